The van der Waals surface area contributed by atoms with Gasteiger partial charge in [0, 0.05) is 12.1 Å². The Hall–Kier alpha value is -1.15. The maximum absolute atomic E-state index is 13.3. The summed E-state index contributed by atoms with van der Waals surface area (Å²) < 4.78 is 13.3. The highest BCUT2D eigenvalue weighted by Crippen LogP contribution is 2.17. The van der Waals surface area contributed by atoms with E-state index in [0.717, 1.165) is 24.4 Å². The summed E-state index contributed by atoms with van der Waals surface area (Å²) in [4.78, 5) is 0. The lowest BCUT2D eigenvalue weighted by Crippen LogP contribution is -2.23. The standard InChI is InChI=1S/C14H18FN/c15-14-9-5-4-8-13(14)11-16-10-12-6-2-1-3-7-12/h1-2,4-5,8-9,12,16H,3,6-7,10-11H2. The van der Waals surface area contributed by atoms with Gasteiger partial charge in [-0.1, -0.05) is 30.4 Å². The van der Waals surface area contributed by atoms with Crippen molar-refractivity contribution in [3.63, 3.8) is 0 Å². The third-order valence-electron chi connectivity index (χ3n) is 3.08. The number of hydrogen-bond donors (Lipinski definition) is 1. The fourth-order valence-corrected chi connectivity index (χ4v) is 2.09. The molecule has 0 spiro atoms. The molecule has 1 aromatic carbocycles. The Bertz CT molecular complexity index is 360. The Kier molecular flexibility index (Phi) is 4.11. The maximum atomic E-state index is 13.3. The highest BCUT2D eigenvalue weighted by Gasteiger charge is 2.09. The number of benzene rings is 1. The first-order chi connectivity index (χ1) is 7.86. The van der Waals surface area contributed by atoms with E-state index >= 15 is 0 Å². The van der Waals surface area contributed by atoms with Gasteiger partial charge in [-0.3, -0.25) is 0 Å². The van der Waals surface area contributed by atoms with E-state index in [1.54, 1.807) is 6.07 Å². The van der Waals surface area contributed by atoms with Crippen molar-refractivity contribution in [2.45, 2.75) is 25.8 Å². The molecule has 0 aliphatic heterocycles. The number of allylic oxidation sites excluding steroid dienone is 2. The van der Waals surface area contributed by atoms with Crippen LogP contribution in [0.2, 0.25) is 0 Å². The molecule has 0 heterocycles. The van der Waals surface area contributed by atoms with Crippen molar-refractivity contribution >= 4 is 0 Å². The summed E-state index contributed by atoms with van der Waals surface area (Å²) in [6.45, 7) is 1.62. The smallest absolute Gasteiger partial charge is 0.127 e. The Morgan fingerprint density at radius 1 is 1.25 bits per heavy atom. The van der Waals surface area contributed by atoms with Gasteiger partial charge in [0.05, 0.1) is 0 Å². The van der Waals surface area contributed by atoms with Crippen molar-refractivity contribution in [3.05, 3.63) is 47.8 Å². The lowest BCUT2D eigenvalue weighted by molar-refractivity contribution is 0.437. The van der Waals surface area contributed by atoms with Crippen LogP contribution in [0.5, 0.6) is 0 Å². The molecular weight excluding hydrogens is 201 g/mol. The van der Waals surface area contributed by atoms with Gasteiger partial charge in [0.15, 0.2) is 0 Å². The molecule has 0 saturated heterocycles. The van der Waals surface area contributed by atoms with Gasteiger partial charge < -0.3 is 5.32 Å². The third kappa shape index (κ3) is 3.17. The molecule has 1 atom stereocenters. The monoisotopic (exact) mass is 219 g/mol. The molecule has 0 aromatic heterocycles. The van der Waals surface area contributed by atoms with Gasteiger partial charge in [-0.15, -0.1) is 0 Å². The number of rotatable bonds is 4. The summed E-state index contributed by atoms with van der Waals surface area (Å²) in [5.41, 5.74) is 0.758. The minimum atomic E-state index is -0.112. The Morgan fingerprint density at radius 3 is 2.88 bits per heavy atom. The largest absolute Gasteiger partial charge is 0.312 e. The fraction of sp³-hybridized carbons (Fsp3) is 0.429. The predicted octanol–water partition coefficient (Wildman–Crippen LogP) is 3.27. The maximum Gasteiger partial charge on any atom is 0.127 e. The number of hydrogen-bond acceptors (Lipinski definition) is 1. The van der Waals surface area contributed by atoms with Crippen molar-refractivity contribution < 1.29 is 4.39 Å². The van der Waals surface area contributed by atoms with Gasteiger partial charge in [-0.05, 0) is 37.8 Å². The molecular formula is C14H18FN. The molecule has 1 aliphatic carbocycles. The molecule has 0 fully saturated rings. The summed E-state index contributed by atoms with van der Waals surface area (Å²) >= 11 is 0. The molecule has 1 unspecified atom stereocenters. The van der Waals surface area contributed by atoms with Crippen LogP contribution in [0.3, 0.4) is 0 Å². The van der Waals surface area contributed by atoms with Crippen LogP contribution in [-0.2, 0) is 6.54 Å². The van der Waals surface area contributed by atoms with E-state index in [2.05, 4.69) is 17.5 Å². The van der Waals surface area contributed by atoms with Gasteiger partial charge in [0.2, 0.25) is 0 Å². The highest BCUT2D eigenvalue weighted by atomic mass is 19.1. The van der Waals surface area contributed by atoms with Crippen molar-refractivity contribution in [2.75, 3.05) is 6.54 Å². The van der Waals surface area contributed by atoms with Crippen LogP contribution in [0.1, 0.15) is 24.8 Å². The average Bonchev–Trinajstić information content (AvgIpc) is 2.33. The van der Waals surface area contributed by atoms with Crippen LogP contribution in [-0.4, -0.2) is 6.54 Å². The van der Waals surface area contributed by atoms with Crippen LogP contribution in [0.15, 0.2) is 36.4 Å². The van der Waals surface area contributed by atoms with Crippen LogP contribution in [0.4, 0.5) is 4.39 Å². The molecule has 16 heavy (non-hydrogen) atoms. The summed E-state index contributed by atoms with van der Waals surface area (Å²) in [5, 5.41) is 3.34. The quantitative estimate of drug-likeness (QED) is 0.766. The van der Waals surface area contributed by atoms with E-state index in [0.29, 0.717) is 6.54 Å². The predicted molar refractivity (Wildman–Crippen MR) is 64.6 cm³/mol. The lowest BCUT2D eigenvalue weighted by atomic mass is 9.94. The second-order valence-electron chi connectivity index (χ2n) is 4.37. The van der Waals surface area contributed by atoms with Crippen molar-refractivity contribution in [1.82, 2.24) is 5.32 Å². The van der Waals surface area contributed by atoms with Gasteiger partial charge in [0.1, 0.15) is 5.82 Å². The zero-order valence-electron chi connectivity index (χ0n) is 9.45. The van der Waals surface area contributed by atoms with E-state index in [1.807, 2.05) is 12.1 Å². The first kappa shape index (κ1) is 11.3. The topological polar surface area (TPSA) is 12.0 Å². The van der Waals surface area contributed by atoms with Crippen molar-refractivity contribution in [2.24, 2.45) is 5.92 Å². The van der Waals surface area contributed by atoms with Crippen LogP contribution in [0.25, 0.3) is 0 Å². The summed E-state index contributed by atoms with van der Waals surface area (Å²) in [7, 11) is 0. The van der Waals surface area contributed by atoms with Gasteiger partial charge in [-0.25, -0.2) is 4.39 Å². The zero-order chi connectivity index (χ0) is 11.2. The van der Waals surface area contributed by atoms with E-state index in [1.165, 1.54) is 18.9 Å². The van der Waals surface area contributed by atoms with Gasteiger partial charge >= 0.3 is 0 Å². The minimum Gasteiger partial charge on any atom is -0.312 e. The normalized spacial score (nSPS) is 19.9. The molecule has 0 saturated carbocycles. The molecule has 0 bridgehead atoms. The number of halogens is 1. The molecule has 2 heteroatoms. The van der Waals surface area contributed by atoms with E-state index in [9.17, 15) is 4.39 Å². The van der Waals surface area contributed by atoms with Crippen LogP contribution >= 0.6 is 0 Å². The second kappa shape index (κ2) is 5.80. The zero-order valence-corrected chi connectivity index (χ0v) is 9.45. The SMILES string of the molecule is Fc1ccccc1CNCC1CC=CCC1. The minimum absolute atomic E-state index is 0.112. The molecule has 1 N–H and O–H groups in total. The van der Waals surface area contributed by atoms with E-state index < -0.39 is 0 Å². The van der Waals surface area contributed by atoms with E-state index in [4.69, 9.17) is 0 Å². The lowest BCUT2D eigenvalue weighted by Gasteiger charge is -2.18. The molecule has 86 valence electrons. The third-order valence-corrected chi connectivity index (χ3v) is 3.08. The summed E-state index contributed by atoms with van der Waals surface area (Å²) in [5.74, 6) is 0.607. The molecule has 2 rings (SSSR count). The first-order valence-corrected chi connectivity index (χ1v) is 5.95. The first-order valence-electron chi connectivity index (χ1n) is 5.95. The molecule has 0 radical (unpaired) electrons. The Balaban J connectivity index is 1.75. The fourth-order valence-electron chi connectivity index (χ4n) is 2.09. The Morgan fingerprint density at radius 2 is 2.12 bits per heavy atom. The van der Waals surface area contributed by atoms with Crippen molar-refractivity contribution in [1.29, 1.82) is 0 Å². The molecule has 1 nitrogen and oxygen atoms in total. The molecule has 1 aliphatic rings. The van der Waals surface area contributed by atoms with Crippen LogP contribution in [0, 0.1) is 11.7 Å². The molecule has 1 aromatic rings. The number of nitrogens with one attached hydrogen (secondary N) is 1. The molecule has 0 amide bonds. The summed E-state index contributed by atoms with van der Waals surface area (Å²) in [6, 6.07) is 6.96. The van der Waals surface area contributed by atoms with Gasteiger partial charge in [-0.2, -0.15) is 0 Å². The highest BCUT2D eigenvalue weighted by molar-refractivity contribution is 5.16. The Labute approximate surface area is 96.4 Å². The summed E-state index contributed by atoms with van der Waals surface area (Å²) in [6.07, 6.45) is 8.09. The van der Waals surface area contributed by atoms with E-state index in [-0.39, 0.29) is 5.82 Å². The van der Waals surface area contributed by atoms with Crippen molar-refractivity contribution in [3.8, 4) is 0 Å². The average molecular weight is 219 g/mol. The second-order valence-corrected chi connectivity index (χ2v) is 4.37. The van der Waals surface area contributed by atoms with Crippen LogP contribution < -0.4 is 5.32 Å². The van der Waals surface area contributed by atoms with Gasteiger partial charge in [0.25, 0.3) is 0 Å².